The van der Waals surface area contributed by atoms with Crippen LogP contribution in [0.4, 0.5) is 0 Å². The van der Waals surface area contributed by atoms with Crippen LogP contribution in [0.3, 0.4) is 0 Å². The summed E-state index contributed by atoms with van der Waals surface area (Å²) in [6, 6.07) is 0. The highest BCUT2D eigenvalue weighted by atomic mass is 16.2. The van der Waals surface area contributed by atoms with E-state index in [1.54, 1.807) is 0 Å². The van der Waals surface area contributed by atoms with E-state index in [0.29, 0.717) is 0 Å². The Morgan fingerprint density at radius 2 is 1.89 bits per heavy atom. The summed E-state index contributed by atoms with van der Waals surface area (Å²) in [7, 11) is 0. The largest absolute Gasteiger partial charge is 0.273 e. The minimum absolute atomic E-state index is 0.0389. The molecule has 4 nitrogen and oxygen atoms in total. The Morgan fingerprint density at radius 1 is 1.22 bits per heavy atom. The minimum Gasteiger partial charge on any atom is -0.273 e. The molecule has 18 heavy (non-hydrogen) atoms. The Morgan fingerprint density at radius 3 is 2.56 bits per heavy atom. The standard InChI is InChI=1S/C14H20N2O2/c1-9(2)4-3-5-10-6-7-11-12(8-10)14(18)16-15-13(11)17/h4-5,11-12H,3,6-8H2,1-2H3,(H,15,17)(H,16,18). The van der Waals surface area contributed by atoms with E-state index in [1.807, 2.05) is 0 Å². The van der Waals surface area contributed by atoms with Crippen molar-refractivity contribution in [1.82, 2.24) is 10.9 Å². The van der Waals surface area contributed by atoms with Crippen LogP contribution in [0.5, 0.6) is 0 Å². The second-order valence-electron chi connectivity index (χ2n) is 5.31. The van der Waals surface area contributed by atoms with Crippen molar-refractivity contribution in [3.63, 3.8) is 0 Å². The van der Waals surface area contributed by atoms with Crippen molar-refractivity contribution in [3.05, 3.63) is 23.3 Å². The van der Waals surface area contributed by atoms with Gasteiger partial charge in [-0.2, -0.15) is 0 Å². The number of nitrogens with one attached hydrogen (secondary N) is 2. The van der Waals surface area contributed by atoms with Gasteiger partial charge in [0.05, 0.1) is 11.8 Å². The number of carbonyl (C=O) groups excluding carboxylic acids is 2. The maximum Gasteiger partial charge on any atom is 0.242 e. The first-order chi connectivity index (χ1) is 8.58. The Hall–Kier alpha value is -1.58. The van der Waals surface area contributed by atoms with Gasteiger partial charge in [0, 0.05) is 0 Å². The summed E-state index contributed by atoms with van der Waals surface area (Å²) < 4.78 is 0. The van der Waals surface area contributed by atoms with Gasteiger partial charge < -0.3 is 0 Å². The fraction of sp³-hybridized carbons (Fsp3) is 0.571. The van der Waals surface area contributed by atoms with E-state index in [4.69, 9.17) is 0 Å². The first-order valence-corrected chi connectivity index (χ1v) is 6.49. The lowest BCUT2D eigenvalue weighted by molar-refractivity contribution is -0.144. The summed E-state index contributed by atoms with van der Waals surface area (Å²) in [5, 5.41) is 0. The number of fused-ring (bicyclic) bond motifs is 1. The lowest BCUT2D eigenvalue weighted by Gasteiger charge is -2.34. The molecule has 0 aromatic carbocycles. The predicted molar refractivity (Wildman–Crippen MR) is 69.2 cm³/mol. The summed E-state index contributed by atoms with van der Waals surface area (Å²) in [6.45, 7) is 4.16. The van der Waals surface area contributed by atoms with Crippen molar-refractivity contribution >= 4 is 11.8 Å². The zero-order valence-corrected chi connectivity index (χ0v) is 11.0. The van der Waals surface area contributed by atoms with Crippen LogP contribution >= 0.6 is 0 Å². The molecule has 0 radical (unpaired) electrons. The molecular weight excluding hydrogens is 228 g/mol. The van der Waals surface area contributed by atoms with Gasteiger partial charge in [0.15, 0.2) is 0 Å². The van der Waals surface area contributed by atoms with Crippen molar-refractivity contribution in [2.75, 3.05) is 0 Å². The summed E-state index contributed by atoms with van der Waals surface area (Å²) in [4.78, 5) is 23.4. The molecule has 4 heteroatoms. The SMILES string of the molecule is CC(C)=CCC=C1CCC2C(=O)NNC(=O)C2C1. The van der Waals surface area contributed by atoms with Gasteiger partial charge in [-0.15, -0.1) is 0 Å². The molecule has 2 atom stereocenters. The Labute approximate surface area is 107 Å². The third-order valence-corrected chi connectivity index (χ3v) is 3.66. The number of hydrazine groups is 1. The van der Waals surface area contributed by atoms with E-state index in [1.165, 1.54) is 11.1 Å². The quantitative estimate of drug-likeness (QED) is 0.733. The summed E-state index contributed by atoms with van der Waals surface area (Å²) in [6.07, 6.45) is 7.72. The first-order valence-electron chi connectivity index (χ1n) is 6.49. The minimum atomic E-state index is -0.176. The highest BCUT2D eigenvalue weighted by Crippen LogP contribution is 2.35. The third kappa shape index (κ3) is 2.81. The Balaban J connectivity index is 2.02. The zero-order valence-electron chi connectivity index (χ0n) is 11.0. The molecule has 1 heterocycles. The first kappa shape index (κ1) is 12.9. The van der Waals surface area contributed by atoms with Crippen LogP contribution in [0.25, 0.3) is 0 Å². The monoisotopic (exact) mass is 248 g/mol. The van der Waals surface area contributed by atoms with Crippen molar-refractivity contribution < 1.29 is 9.59 Å². The lowest BCUT2D eigenvalue weighted by Crippen LogP contribution is -2.57. The molecule has 2 amide bonds. The van der Waals surface area contributed by atoms with E-state index in [9.17, 15) is 9.59 Å². The van der Waals surface area contributed by atoms with Crippen LogP contribution in [-0.2, 0) is 9.59 Å². The molecule has 0 spiro atoms. The maximum atomic E-state index is 11.7. The third-order valence-electron chi connectivity index (χ3n) is 3.66. The maximum absolute atomic E-state index is 11.7. The van der Waals surface area contributed by atoms with Crippen molar-refractivity contribution in [3.8, 4) is 0 Å². The van der Waals surface area contributed by atoms with E-state index in [-0.39, 0.29) is 23.7 Å². The topological polar surface area (TPSA) is 58.2 Å². The van der Waals surface area contributed by atoms with E-state index >= 15 is 0 Å². The molecule has 2 unspecified atom stereocenters. The number of allylic oxidation sites excluding steroid dienone is 4. The van der Waals surface area contributed by atoms with E-state index < -0.39 is 0 Å². The Kier molecular flexibility index (Phi) is 3.84. The van der Waals surface area contributed by atoms with Gasteiger partial charge in [-0.1, -0.05) is 23.3 Å². The second kappa shape index (κ2) is 5.38. The fourth-order valence-electron chi connectivity index (χ4n) is 2.61. The van der Waals surface area contributed by atoms with Crippen LogP contribution in [-0.4, -0.2) is 11.8 Å². The molecular formula is C14H20N2O2. The van der Waals surface area contributed by atoms with Gasteiger partial charge in [-0.25, -0.2) is 0 Å². The number of hydrogen-bond acceptors (Lipinski definition) is 2. The smallest absolute Gasteiger partial charge is 0.242 e. The zero-order chi connectivity index (χ0) is 13.1. The molecule has 0 bridgehead atoms. The number of carbonyl (C=O) groups is 2. The molecule has 0 aromatic rings. The van der Waals surface area contributed by atoms with Crippen molar-refractivity contribution in [2.45, 2.75) is 39.5 Å². The summed E-state index contributed by atoms with van der Waals surface area (Å²) >= 11 is 0. The van der Waals surface area contributed by atoms with Gasteiger partial charge in [0.25, 0.3) is 0 Å². The van der Waals surface area contributed by atoms with Gasteiger partial charge in [0.1, 0.15) is 0 Å². The normalized spacial score (nSPS) is 29.3. The predicted octanol–water partition coefficient (Wildman–Crippen LogP) is 1.85. The van der Waals surface area contributed by atoms with Crippen LogP contribution in [0.1, 0.15) is 39.5 Å². The fourth-order valence-corrected chi connectivity index (χ4v) is 2.61. The van der Waals surface area contributed by atoms with Gasteiger partial charge in [-0.3, -0.25) is 20.4 Å². The van der Waals surface area contributed by atoms with Crippen LogP contribution in [0.15, 0.2) is 23.3 Å². The van der Waals surface area contributed by atoms with Crippen molar-refractivity contribution in [1.29, 1.82) is 0 Å². The number of hydrogen-bond donors (Lipinski definition) is 2. The lowest BCUT2D eigenvalue weighted by atomic mass is 9.75. The average molecular weight is 248 g/mol. The van der Waals surface area contributed by atoms with Crippen LogP contribution in [0, 0.1) is 11.8 Å². The molecule has 98 valence electrons. The molecule has 1 saturated carbocycles. The average Bonchev–Trinajstić information content (AvgIpc) is 2.34. The highest BCUT2D eigenvalue weighted by molar-refractivity contribution is 5.93. The molecule has 1 aliphatic heterocycles. The number of rotatable bonds is 2. The molecule has 2 aliphatic rings. The molecule has 2 fully saturated rings. The number of amides is 2. The van der Waals surface area contributed by atoms with Gasteiger partial charge in [-0.05, 0) is 39.5 Å². The summed E-state index contributed by atoms with van der Waals surface area (Å²) in [5.41, 5.74) is 7.49. The molecule has 2 N–H and O–H groups in total. The van der Waals surface area contributed by atoms with E-state index in [0.717, 1.165) is 25.7 Å². The van der Waals surface area contributed by atoms with Crippen LogP contribution < -0.4 is 10.9 Å². The molecule has 1 aliphatic carbocycles. The van der Waals surface area contributed by atoms with Gasteiger partial charge in [0.2, 0.25) is 11.8 Å². The summed E-state index contributed by atoms with van der Waals surface area (Å²) in [5.74, 6) is -0.403. The molecule has 0 aromatic heterocycles. The highest BCUT2D eigenvalue weighted by Gasteiger charge is 2.40. The molecule has 2 rings (SSSR count). The van der Waals surface area contributed by atoms with Gasteiger partial charge >= 0.3 is 0 Å². The van der Waals surface area contributed by atoms with Crippen molar-refractivity contribution in [2.24, 2.45) is 11.8 Å². The second-order valence-corrected chi connectivity index (χ2v) is 5.31. The van der Waals surface area contributed by atoms with E-state index in [2.05, 4.69) is 36.9 Å². The van der Waals surface area contributed by atoms with Crippen LogP contribution in [0.2, 0.25) is 0 Å². The Bertz CT molecular complexity index is 420. The molecule has 1 saturated heterocycles.